The van der Waals surface area contributed by atoms with Crippen molar-refractivity contribution in [2.45, 2.75) is 13.3 Å². The number of ether oxygens (including phenoxy) is 1. The molecule has 0 aliphatic rings. The van der Waals surface area contributed by atoms with Crippen LogP contribution in [0.1, 0.15) is 15.9 Å². The summed E-state index contributed by atoms with van der Waals surface area (Å²) in [5.74, 6) is -0.674. The molecule has 0 aliphatic carbocycles. The molecule has 0 saturated carbocycles. The van der Waals surface area contributed by atoms with E-state index in [1.54, 1.807) is 6.92 Å². The standard InChI is InChI=1S/C10H8BrF3O2/c1-6-2-3-7(16-10(12,13)14)4-8(6)9(15)5-11/h2-4H,5H2,1H3. The summed E-state index contributed by atoms with van der Waals surface area (Å²) in [4.78, 5) is 11.4. The van der Waals surface area contributed by atoms with Crippen LogP contribution in [0.4, 0.5) is 13.2 Å². The maximum atomic E-state index is 11.9. The Morgan fingerprint density at radius 3 is 2.56 bits per heavy atom. The van der Waals surface area contributed by atoms with Crippen molar-refractivity contribution in [3.8, 4) is 5.75 Å². The highest BCUT2D eigenvalue weighted by Crippen LogP contribution is 2.25. The topological polar surface area (TPSA) is 26.3 Å². The SMILES string of the molecule is Cc1ccc(OC(F)(F)F)cc1C(=O)CBr. The zero-order valence-electron chi connectivity index (χ0n) is 8.27. The number of aryl methyl sites for hydroxylation is 1. The molecule has 0 spiro atoms. The second-order valence-corrected chi connectivity index (χ2v) is 3.64. The van der Waals surface area contributed by atoms with Gasteiger partial charge in [-0.15, -0.1) is 13.2 Å². The first kappa shape index (κ1) is 13.0. The molecule has 0 atom stereocenters. The number of carbonyl (C=O) groups excluding carboxylic acids is 1. The number of Topliss-reactive ketones (excluding diaryl/α,β-unsaturated/α-hetero) is 1. The molecule has 0 bridgehead atoms. The fourth-order valence-electron chi connectivity index (χ4n) is 1.17. The molecule has 0 fully saturated rings. The van der Waals surface area contributed by atoms with Crippen molar-refractivity contribution in [3.63, 3.8) is 0 Å². The van der Waals surface area contributed by atoms with Crippen LogP contribution in [0.5, 0.6) is 5.75 Å². The van der Waals surface area contributed by atoms with Crippen molar-refractivity contribution in [2.75, 3.05) is 5.33 Å². The van der Waals surface area contributed by atoms with Crippen molar-refractivity contribution >= 4 is 21.7 Å². The molecule has 16 heavy (non-hydrogen) atoms. The maximum absolute atomic E-state index is 11.9. The third-order valence-corrected chi connectivity index (χ3v) is 2.37. The molecule has 0 aromatic heterocycles. The van der Waals surface area contributed by atoms with Gasteiger partial charge in [0.15, 0.2) is 5.78 Å². The molecule has 1 rings (SSSR count). The van der Waals surface area contributed by atoms with Crippen molar-refractivity contribution < 1.29 is 22.7 Å². The van der Waals surface area contributed by atoms with Crippen LogP contribution in [0, 0.1) is 6.92 Å². The predicted molar refractivity (Wildman–Crippen MR) is 56.0 cm³/mol. The third-order valence-electron chi connectivity index (χ3n) is 1.86. The number of benzene rings is 1. The minimum atomic E-state index is -4.75. The summed E-state index contributed by atoms with van der Waals surface area (Å²) in [6.45, 7) is 1.65. The van der Waals surface area contributed by atoms with Crippen LogP contribution in [-0.4, -0.2) is 17.5 Å². The van der Waals surface area contributed by atoms with Gasteiger partial charge in [-0.1, -0.05) is 22.0 Å². The normalized spacial score (nSPS) is 11.3. The molecule has 88 valence electrons. The summed E-state index contributed by atoms with van der Waals surface area (Å²) < 4.78 is 39.5. The second kappa shape index (κ2) is 4.86. The highest BCUT2D eigenvalue weighted by atomic mass is 79.9. The molecule has 1 aromatic rings. The van der Waals surface area contributed by atoms with Crippen LogP contribution >= 0.6 is 15.9 Å². The minimum absolute atomic E-state index is 0.0588. The Morgan fingerprint density at radius 1 is 1.44 bits per heavy atom. The number of hydrogen-bond donors (Lipinski definition) is 0. The van der Waals surface area contributed by atoms with Gasteiger partial charge in [-0.25, -0.2) is 0 Å². The molecule has 6 heteroatoms. The summed E-state index contributed by atoms with van der Waals surface area (Å²) >= 11 is 2.96. The largest absolute Gasteiger partial charge is 0.573 e. The van der Waals surface area contributed by atoms with Gasteiger partial charge < -0.3 is 4.74 Å². The zero-order valence-corrected chi connectivity index (χ0v) is 9.85. The van der Waals surface area contributed by atoms with Crippen LogP contribution in [-0.2, 0) is 0 Å². The minimum Gasteiger partial charge on any atom is -0.406 e. The first-order valence-corrected chi connectivity index (χ1v) is 5.41. The highest BCUT2D eigenvalue weighted by Gasteiger charge is 2.31. The van der Waals surface area contributed by atoms with Gasteiger partial charge >= 0.3 is 6.36 Å². The Morgan fingerprint density at radius 2 is 2.06 bits per heavy atom. The van der Waals surface area contributed by atoms with Gasteiger partial charge in [-0.3, -0.25) is 4.79 Å². The first-order chi connectivity index (χ1) is 7.33. The number of alkyl halides is 4. The van der Waals surface area contributed by atoms with Gasteiger partial charge in [0.1, 0.15) is 5.75 Å². The van der Waals surface area contributed by atoms with Gasteiger partial charge in [-0.05, 0) is 24.6 Å². The van der Waals surface area contributed by atoms with E-state index in [1.807, 2.05) is 0 Å². The van der Waals surface area contributed by atoms with Crippen molar-refractivity contribution in [1.82, 2.24) is 0 Å². The highest BCUT2D eigenvalue weighted by molar-refractivity contribution is 9.09. The molecule has 0 N–H and O–H groups in total. The van der Waals surface area contributed by atoms with Crippen molar-refractivity contribution in [3.05, 3.63) is 29.3 Å². The van der Waals surface area contributed by atoms with Crippen LogP contribution in [0.15, 0.2) is 18.2 Å². The van der Waals surface area contributed by atoms with Gasteiger partial charge in [0.25, 0.3) is 0 Å². The molecule has 0 saturated heterocycles. The average molecular weight is 297 g/mol. The van der Waals surface area contributed by atoms with Crippen LogP contribution in [0.3, 0.4) is 0 Å². The first-order valence-electron chi connectivity index (χ1n) is 4.29. The summed E-state index contributed by atoms with van der Waals surface area (Å²) in [7, 11) is 0. The Labute approximate surface area is 98.5 Å². The van der Waals surface area contributed by atoms with Crippen molar-refractivity contribution in [1.29, 1.82) is 0 Å². The molecule has 0 amide bonds. The van der Waals surface area contributed by atoms with E-state index in [0.29, 0.717) is 5.56 Å². The van der Waals surface area contributed by atoms with E-state index >= 15 is 0 Å². The summed E-state index contributed by atoms with van der Waals surface area (Å²) in [5.41, 5.74) is 0.831. The third kappa shape index (κ3) is 3.52. The monoisotopic (exact) mass is 296 g/mol. The second-order valence-electron chi connectivity index (χ2n) is 3.08. The Hall–Kier alpha value is -1.04. The Balaban J connectivity index is 3.03. The molecule has 0 radical (unpaired) electrons. The molecular weight excluding hydrogens is 289 g/mol. The number of carbonyl (C=O) groups is 1. The van der Waals surface area contributed by atoms with E-state index < -0.39 is 6.36 Å². The molecule has 0 aliphatic heterocycles. The van der Waals surface area contributed by atoms with Crippen molar-refractivity contribution in [2.24, 2.45) is 0 Å². The van der Waals surface area contributed by atoms with Gasteiger partial charge in [0, 0.05) is 5.56 Å². The number of hydrogen-bond acceptors (Lipinski definition) is 2. The van der Waals surface area contributed by atoms with Gasteiger partial charge in [0.2, 0.25) is 0 Å². The van der Waals surface area contributed by atoms with E-state index in [2.05, 4.69) is 20.7 Å². The fraction of sp³-hybridized carbons (Fsp3) is 0.300. The van der Waals surface area contributed by atoms with Gasteiger partial charge in [0.05, 0.1) is 5.33 Å². The van der Waals surface area contributed by atoms with E-state index in [0.717, 1.165) is 6.07 Å². The smallest absolute Gasteiger partial charge is 0.406 e. The quantitative estimate of drug-likeness (QED) is 0.631. The van der Waals surface area contributed by atoms with E-state index in [4.69, 9.17) is 0 Å². The van der Waals surface area contributed by atoms with E-state index in [1.165, 1.54) is 12.1 Å². The van der Waals surface area contributed by atoms with Gasteiger partial charge in [-0.2, -0.15) is 0 Å². The molecule has 0 unspecified atom stereocenters. The van der Waals surface area contributed by atoms with Crippen LogP contribution < -0.4 is 4.74 Å². The fourth-order valence-corrected chi connectivity index (χ4v) is 1.47. The lowest BCUT2D eigenvalue weighted by Gasteiger charge is -2.10. The lowest BCUT2D eigenvalue weighted by molar-refractivity contribution is -0.274. The Kier molecular flexibility index (Phi) is 3.96. The maximum Gasteiger partial charge on any atom is 0.573 e. The van der Waals surface area contributed by atoms with E-state index in [-0.39, 0.29) is 22.4 Å². The average Bonchev–Trinajstić information content (AvgIpc) is 2.18. The van der Waals surface area contributed by atoms with E-state index in [9.17, 15) is 18.0 Å². The number of halogens is 4. The molecule has 1 aromatic carbocycles. The lowest BCUT2D eigenvalue weighted by atomic mass is 10.1. The Bertz CT molecular complexity index is 402. The van der Waals surface area contributed by atoms with Crippen LogP contribution in [0.2, 0.25) is 0 Å². The number of ketones is 1. The molecule has 0 heterocycles. The predicted octanol–water partition coefficient (Wildman–Crippen LogP) is 3.47. The molecule has 2 nitrogen and oxygen atoms in total. The lowest BCUT2D eigenvalue weighted by Crippen LogP contribution is -2.17. The summed E-state index contributed by atoms with van der Waals surface area (Å²) in [6, 6.07) is 3.68. The summed E-state index contributed by atoms with van der Waals surface area (Å²) in [6.07, 6.45) is -4.75. The summed E-state index contributed by atoms with van der Waals surface area (Å²) in [5, 5.41) is 0.0588. The zero-order chi connectivity index (χ0) is 12.3. The molecular formula is C10H8BrF3O2. The van der Waals surface area contributed by atoms with Crippen LogP contribution in [0.25, 0.3) is 0 Å². The number of rotatable bonds is 3.